The van der Waals surface area contributed by atoms with Crippen LogP contribution in [-0.2, 0) is 9.59 Å². The van der Waals surface area contributed by atoms with Gasteiger partial charge in [-0.1, -0.05) is 0 Å². The Morgan fingerprint density at radius 1 is 1.15 bits per heavy atom. The molecule has 0 spiro atoms. The molecule has 9 nitrogen and oxygen atoms in total. The zero-order chi connectivity index (χ0) is 19.8. The number of nitrogens with zero attached hydrogens (tertiary/aromatic N) is 1. The highest BCUT2D eigenvalue weighted by Crippen LogP contribution is 2.30. The van der Waals surface area contributed by atoms with Crippen molar-refractivity contribution in [2.75, 3.05) is 25.6 Å². The van der Waals surface area contributed by atoms with Crippen LogP contribution in [0.15, 0.2) is 42.5 Å². The van der Waals surface area contributed by atoms with Crippen LogP contribution in [-0.4, -0.2) is 37.0 Å². The van der Waals surface area contributed by atoms with Gasteiger partial charge in [0.25, 0.3) is 5.91 Å². The molecule has 0 saturated carbocycles. The van der Waals surface area contributed by atoms with Gasteiger partial charge in [0.1, 0.15) is 11.6 Å². The number of carbonyl (C=O) groups excluding carboxylic acids is 2. The number of ether oxygens (including phenoxy) is 2. The zero-order valence-corrected chi connectivity index (χ0v) is 14.2. The molecular formula is C17H16FN3O6. The first-order valence-electron chi connectivity index (χ1n) is 7.66. The van der Waals surface area contributed by atoms with E-state index in [1.165, 1.54) is 49.6 Å². The quantitative estimate of drug-likeness (QED) is 0.535. The summed E-state index contributed by atoms with van der Waals surface area (Å²) in [5.41, 5.74) is 0.0250. The van der Waals surface area contributed by atoms with Crippen molar-refractivity contribution in [3.63, 3.8) is 0 Å². The highest BCUT2D eigenvalue weighted by atomic mass is 19.1. The number of hydrogen-bond donors (Lipinski definition) is 2. The molecule has 2 amide bonds. The Bertz CT molecular complexity index is 841. The minimum absolute atomic E-state index is 0.105. The molecule has 2 aromatic rings. The molecule has 0 radical (unpaired) electrons. The Labute approximate surface area is 153 Å². The summed E-state index contributed by atoms with van der Waals surface area (Å²) in [6, 6.07) is 9.06. The predicted molar refractivity (Wildman–Crippen MR) is 93.2 cm³/mol. The summed E-state index contributed by atoms with van der Waals surface area (Å²) in [6.07, 6.45) is 0. The van der Waals surface area contributed by atoms with E-state index in [1.54, 1.807) is 0 Å². The molecule has 0 saturated heterocycles. The van der Waals surface area contributed by atoms with Crippen molar-refractivity contribution >= 4 is 23.2 Å². The third-order valence-electron chi connectivity index (χ3n) is 3.30. The van der Waals surface area contributed by atoms with Gasteiger partial charge in [-0.2, -0.15) is 0 Å². The summed E-state index contributed by atoms with van der Waals surface area (Å²) in [5.74, 6) is -1.44. The van der Waals surface area contributed by atoms with E-state index in [0.717, 1.165) is 0 Å². The average Bonchev–Trinajstić information content (AvgIpc) is 2.66. The van der Waals surface area contributed by atoms with E-state index in [0.29, 0.717) is 5.69 Å². The lowest BCUT2D eigenvalue weighted by Crippen LogP contribution is -2.35. The number of benzene rings is 2. The van der Waals surface area contributed by atoms with Gasteiger partial charge >= 0.3 is 5.69 Å². The molecule has 0 aliphatic heterocycles. The van der Waals surface area contributed by atoms with E-state index in [2.05, 4.69) is 10.6 Å². The standard InChI is InChI=1S/C17H16FN3O6/c1-26-13-6-7-15(14(8-13)21(24)25)27-10-17(23)19-9-16(22)20-12-4-2-11(18)3-5-12/h2-8H,9-10H2,1H3,(H,19,23)(H,20,22). The minimum Gasteiger partial charge on any atom is -0.496 e. The summed E-state index contributed by atoms with van der Waals surface area (Å²) in [5, 5.41) is 15.8. The number of halogens is 1. The number of amides is 2. The van der Waals surface area contributed by atoms with Crippen LogP contribution in [0.3, 0.4) is 0 Å². The zero-order valence-electron chi connectivity index (χ0n) is 14.2. The summed E-state index contributed by atoms with van der Waals surface area (Å²) in [4.78, 5) is 33.9. The smallest absolute Gasteiger partial charge is 0.314 e. The summed E-state index contributed by atoms with van der Waals surface area (Å²) >= 11 is 0. The predicted octanol–water partition coefficient (Wildman–Crippen LogP) is 1.88. The van der Waals surface area contributed by atoms with Gasteiger partial charge < -0.3 is 20.1 Å². The summed E-state index contributed by atoms with van der Waals surface area (Å²) < 4.78 is 22.8. The SMILES string of the molecule is COc1ccc(OCC(=O)NCC(=O)Nc2ccc(F)cc2)c([N+](=O)[O-])c1. The van der Waals surface area contributed by atoms with Crippen LogP contribution in [0.5, 0.6) is 11.5 Å². The fourth-order valence-corrected chi connectivity index (χ4v) is 2.00. The largest absolute Gasteiger partial charge is 0.496 e. The number of nitro groups is 1. The summed E-state index contributed by atoms with van der Waals surface area (Å²) in [6.45, 7) is -0.860. The molecule has 0 atom stereocenters. The van der Waals surface area contributed by atoms with Crippen molar-refractivity contribution in [3.05, 3.63) is 58.4 Å². The van der Waals surface area contributed by atoms with Crippen LogP contribution in [0.1, 0.15) is 0 Å². The number of hydrogen-bond acceptors (Lipinski definition) is 6. The third-order valence-corrected chi connectivity index (χ3v) is 3.30. The van der Waals surface area contributed by atoms with E-state index in [-0.39, 0.29) is 23.7 Å². The van der Waals surface area contributed by atoms with Gasteiger partial charge in [0, 0.05) is 5.69 Å². The van der Waals surface area contributed by atoms with E-state index < -0.39 is 29.2 Å². The van der Waals surface area contributed by atoms with Crippen molar-refractivity contribution in [3.8, 4) is 11.5 Å². The molecular weight excluding hydrogens is 361 g/mol. The van der Waals surface area contributed by atoms with Gasteiger partial charge in [0.2, 0.25) is 5.91 Å². The minimum atomic E-state index is -0.661. The van der Waals surface area contributed by atoms with Crippen LogP contribution in [0.25, 0.3) is 0 Å². The van der Waals surface area contributed by atoms with Crippen LogP contribution >= 0.6 is 0 Å². The van der Waals surface area contributed by atoms with Gasteiger partial charge in [-0.15, -0.1) is 0 Å². The fraction of sp³-hybridized carbons (Fsp3) is 0.176. The Hall–Kier alpha value is -3.69. The molecule has 142 valence electrons. The Morgan fingerprint density at radius 3 is 2.48 bits per heavy atom. The van der Waals surface area contributed by atoms with Crippen molar-refractivity contribution in [2.45, 2.75) is 0 Å². The van der Waals surface area contributed by atoms with Gasteiger partial charge in [0.15, 0.2) is 12.4 Å². The highest BCUT2D eigenvalue weighted by molar-refractivity contribution is 5.94. The Kier molecular flexibility index (Phi) is 6.64. The van der Waals surface area contributed by atoms with E-state index >= 15 is 0 Å². The van der Waals surface area contributed by atoms with Crippen molar-refractivity contribution in [2.24, 2.45) is 0 Å². The first-order valence-corrected chi connectivity index (χ1v) is 7.66. The maximum atomic E-state index is 12.8. The lowest BCUT2D eigenvalue weighted by molar-refractivity contribution is -0.385. The molecule has 0 fully saturated rings. The van der Waals surface area contributed by atoms with Crippen LogP contribution < -0.4 is 20.1 Å². The molecule has 0 aliphatic rings. The van der Waals surface area contributed by atoms with E-state index in [1.807, 2.05) is 0 Å². The first-order chi connectivity index (χ1) is 12.9. The monoisotopic (exact) mass is 377 g/mol. The number of carbonyl (C=O) groups is 2. The van der Waals surface area contributed by atoms with E-state index in [9.17, 15) is 24.1 Å². The van der Waals surface area contributed by atoms with Crippen LogP contribution in [0.2, 0.25) is 0 Å². The fourth-order valence-electron chi connectivity index (χ4n) is 2.00. The van der Waals surface area contributed by atoms with Gasteiger partial charge in [-0.3, -0.25) is 19.7 Å². The number of rotatable bonds is 8. The summed E-state index contributed by atoms with van der Waals surface area (Å²) in [7, 11) is 1.37. The second-order valence-electron chi connectivity index (χ2n) is 5.21. The maximum absolute atomic E-state index is 12.8. The van der Waals surface area contributed by atoms with Crippen molar-refractivity contribution in [1.29, 1.82) is 0 Å². The second kappa shape index (κ2) is 9.13. The average molecular weight is 377 g/mol. The molecule has 0 heterocycles. The molecule has 0 unspecified atom stereocenters. The second-order valence-corrected chi connectivity index (χ2v) is 5.21. The van der Waals surface area contributed by atoms with Gasteiger partial charge in [0.05, 0.1) is 24.6 Å². The Morgan fingerprint density at radius 2 is 1.85 bits per heavy atom. The van der Waals surface area contributed by atoms with Crippen LogP contribution in [0, 0.1) is 15.9 Å². The lowest BCUT2D eigenvalue weighted by Gasteiger charge is -2.09. The molecule has 2 aromatic carbocycles. The highest BCUT2D eigenvalue weighted by Gasteiger charge is 2.17. The third kappa shape index (κ3) is 5.96. The lowest BCUT2D eigenvalue weighted by atomic mass is 10.3. The molecule has 0 aliphatic carbocycles. The van der Waals surface area contributed by atoms with Crippen LogP contribution in [0.4, 0.5) is 15.8 Å². The van der Waals surface area contributed by atoms with Crippen molar-refractivity contribution in [1.82, 2.24) is 5.32 Å². The van der Waals surface area contributed by atoms with Gasteiger partial charge in [-0.05, 0) is 36.4 Å². The topological polar surface area (TPSA) is 120 Å². The molecule has 2 N–H and O–H groups in total. The molecule has 0 bridgehead atoms. The van der Waals surface area contributed by atoms with E-state index in [4.69, 9.17) is 9.47 Å². The molecule has 0 aromatic heterocycles. The normalized spacial score (nSPS) is 10.0. The number of nitrogens with one attached hydrogen (secondary N) is 2. The van der Waals surface area contributed by atoms with Crippen molar-refractivity contribution < 1.29 is 28.4 Å². The molecule has 2 rings (SSSR count). The molecule has 10 heteroatoms. The molecule has 27 heavy (non-hydrogen) atoms. The number of anilines is 1. The maximum Gasteiger partial charge on any atom is 0.314 e. The number of methoxy groups -OCH3 is 1. The van der Waals surface area contributed by atoms with Gasteiger partial charge in [-0.25, -0.2) is 4.39 Å². The Balaban J connectivity index is 1.83. The number of nitro benzene ring substituents is 1. The first kappa shape index (κ1) is 19.6.